The van der Waals surface area contributed by atoms with E-state index in [0.29, 0.717) is 6.04 Å². The quantitative estimate of drug-likeness (QED) is 0.936. The van der Waals surface area contributed by atoms with Crippen molar-refractivity contribution in [1.29, 1.82) is 0 Å². The number of hydrogen-bond acceptors (Lipinski definition) is 4. The summed E-state index contributed by atoms with van der Waals surface area (Å²) in [5, 5.41) is 3.57. The van der Waals surface area contributed by atoms with Crippen molar-refractivity contribution in [1.82, 2.24) is 15.3 Å². The minimum atomic E-state index is 0.410. The average molecular weight is 280 g/mol. The largest absolute Gasteiger partial charge is 0.304 e. The Morgan fingerprint density at radius 3 is 3.28 bits per heavy atom. The molecule has 0 aliphatic heterocycles. The molecule has 0 amide bonds. The molecule has 0 aromatic carbocycles. The third-order valence-electron chi connectivity index (χ3n) is 3.26. The van der Waals surface area contributed by atoms with Gasteiger partial charge in [-0.05, 0) is 37.0 Å². The van der Waals surface area contributed by atoms with Gasteiger partial charge in [0.25, 0.3) is 0 Å². The van der Waals surface area contributed by atoms with Crippen molar-refractivity contribution in [2.75, 3.05) is 0 Å². The van der Waals surface area contributed by atoms with Crippen LogP contribution in [0.25, 0.3) is 0 Å². The Morgan fingerprint density at radius 2 is 2.44 bits per heavy atom. The molecule has 2 heterocycles. The summed E-state index contributed by atoms with van der Waals surface area (Å²) in [7, 11) is 0. The maximum absolute atomic E-state index is 6.10. The summed E-state index contributed by atoms with van der Waals surface area (Å²) in [6.07, 6.45) is 6.93. The summed E-state index contributed by atoms with van der Waals surface area (Å²) in [4.78, 5) is 9.59. The molecule has 5 heteroatoms. The topological polar surface area (TPSA) is 37.8 Å². The number of aromatic nitrogens is 2. The molecular weight excluding hydrogens is 266 g/mol. The van der Waals surface area contributed by atoms with Gasteiger partial charge < -0.3 is 5.32 Å². The Kier molecular flexibility index (Phi) is 3.59. The van der Waals surface area contributed by atoms with Crippen molar-refractivity contribution in [2.24, 2.45) is 0 Å². The summed E-state index contributed by atoms with van der Waals surface area (Å²) in [5.74, 6) is 0. The highest BCUT2D eigenvalue weighted by Gasteiger charge is 2.22. The van der Waals surface area contributed by atoms with Gasteiger partial charge in [0.2, 0.25) is 0 Å². The van der Waals surface area contributed by atoms with Crippen LogP contribution in [0, 0.1) is 0 Å². The molecular formula is C13H14ClN3S. The molecule has 1 N–H and O–H groups in total. The Bertz CT molecular complexity index is 526. The smallest absolute Gasteiger partial charge is 0.115 e. The van der Waals surface area contributed by atoms with Crippen LogP contribution in [-0.2, 0) is 13.0 Å². The highest BCUT2D eigenvalue weighted by atomic mass is 35.5. The molecule has 0 fully saturated rings. The van der Waals surface area contributed by atoms with E-state index in [1.807, 2.05) is 6.07 Å². The second kappa shape index (κ2) is 5.34. The summed E-state index contributed by atoms with van der Waals surface area (Å²) >= 11 is 7.82. The van der Waals surface area contributed by atoms with Crippen LogP contribution in [0.15, 0.2) is 24.7 Å². The van der Waals surface area contributed by atoms with Gasteiger partial charge in [-0.25, -0.2) is 9.97 Å². The van der Waals surface area contributed by atoms with Crippen LogP contribution in [0.1, 0.15) is 35.0 Å². The number of nitrogens with zero attached hydrogens (tertiary/aromatic N) is 2. The molecule has 94 valence electrons. The minimum absolute atomic E-state index is 0.410. The zero-order valence-electron chi connectivity index (χ0n) is 9.90. The van der Waals surface area contributed by atoms with Crippen LogP contribution in [0.4, 0.5) is 0 Å². The van der Waals surface area contributed by atoms with E-state index in [1.165, 1.54) is 29.7 Å². The van der Waals surface area contributed by atoms with Gasteiger partial charge in [0, 0.05) is 23.7 Å². The zero-order chi connectivity index (χ0) is 12.4. The first-order valence-electron chi connectivity index (χ1n) is 6.09. The number of thiophene rings is 1. The molecule has 2 aromatic heterocycles. The predicted molar refractivity (Wildman–Crippen MR) is 73.9 cm³/mol. The van der Waals surface area contributed by atoms with Crippen molar-refractivity contribution in [3.63, 3.8) is 0 Å². The number of rotatable bonds is 3. The summed E-state index contributed by atoms with van der Waals surface area (Å²) < 4.78 is 0.899. The van der Waals surface area contributed by atoms with Crippen LogP contribution in [-0.4, -0.2) is 9.97 Å². The molecule has 18 heavy (non-hydrogen) atoms. The lowest BCUT2D eigenvalue weighted by atomic mass is 9.94. The molecule has 0 saturated carbocycles. The van der Waals surface area contributed by atoms with E-state index >= 15 is 0 Å². The molecule has 2 aromatic rings. The SMILES string of the molecule is Clc1cc2c(s1)CCCC2NCc1ccncn1. The summed E-state index contributed by atoms with van der Waals surface area (Å²) in [6.45, 7) is 0.778. The molecule has 1 unspecified atom stereocenters. The highest BCUT2D eigenvalue weighted by Crippen LogP contribution is 2.37. The fraction of sp³-hybridized carbons (Fsp3) is 0.385. The second-order valence-electron chi connectivity index (χ2n) is 4.46. The van der Waals surface area contributed by atoms with Gasteiger partial charge in [-0.3, -0.25) is 0 Å². The molecule has 1 atom stereocenters. The molecule has 3 rings (SSSR count). The van der Waals surface area contributed by atoms with Gasteiger partial charge in [0.05, 0.1) is 10.0 Å². The van der Waals surface area contributed by atoms with E-state index in [0.717, 1.165) is 16.6 Å². The van der Waals surface area contributed by atoms with E-state index in [-0.39, 0.29) is 0 Å². The first-order valence-corrected chi connectivity index (χ1v) is 7.29. The van der Waals surface area contributed by atoms with Gasteiger partial charge in [0.1, 0.15) is 6.33 Å². The highest BCUT2D eigenvalue weighted by molar-refractivity contribution is 7.16. The van der Waals surface area contributed by atoms with Gasteiger partial charge in [-0.2, -0.15) is 0 Å². The Hall–Kier alpha value is -0.970. The lowest BCUT2D eigenvalue weighted by Crippen LogP contribution is -2.24. The fourth-order valence-corrected chi connectivity index (χ4v) is 3.77. The van der Waals surface area contributed by atoms with E-state index in [1.54, 1.807) is 23.9 Å². The van der Waals surface area contributed by atoms with Gasteiger partial charge >= 0.3 is 0 Å². The maximum atomic E-state index is 6.10. The fourth-order valence-electron chi connectivity index (χ4n) is 2.38. The summed E-state index contributed by atoms with van der Waals surface area (Å²) in [6, 6.07) is 4.46. The van der Waals surface area contributed by atoms with Crippen molar-refractivity contribution >= 4 is 22.9 Å². The molecule has 1 aliphatic rings. The average Bonchev–Trinajstić information content (AvgIpc) is 2.78. The molecule has 3 nitrogen and oxygen atoms in total. The van der Waals surface area contributed by atoms with Crippen molar-refractivity contribution in [3.05, 3.63) is 45.1 Å². The lowest BCUT2D eigenvalue weighted by molar-refractivity contribution is 0.460. The van der Waals surface area contributed by atoms with E-state index in [4.69, 9.17) is 11.6 Å². The normalized spacial score (nSPS) is 18.6. The minimum Gasteiger partial charge on any atom is -0.304 e. The van der Waals surface area contributed by atoms with Crippen molar-refractivity contribution in [2.45, 2.75) is 31.8 Å². The number of hydrogen-bond donors (Lipinski definition) is 1. The van der Waals surface area contributed by atoms with Crippen LogP contribution >= 0.6 is 22.9 Å². The molecule has 1 aliphatic carbocycles. The van der Waals surface area contributed by atoms with Gasteiger partial charge in [0.15, 0.2) is 0 Å². The van der Waals surface area contributed by atoms with E-state index in [2.05, 4.69) is 21.4 Å². The zero-order valence-corrected chi connectivity index (χ0v) is 11.5. The van der Waals surface area contributed by atoms with Gasteiger partial charge in [-0.15, -0.1) is 11.3 Å². The van der Waals surface area contributed by atoms with E-state index < -0.39 is 0 Å². The first-order chi connectivity index (χ1) is 8.83. The maximum Gasteiger partial charge on any atom is 0.115 e. The second-order valence-corrected chi connectivity index (χ2v) is 6.22. The molecule has 0 bridgehead atoms. The third kappa shape index (κ3) is 2.55. The third-order valence-corrected chi connectivity index (χ3v) is 4.60. The van der Waals surface area contributed by atoms with Gasteiger partial charge in [-0.1, -0.05) is 11.6 Å². The Balaban J connectivity index is 1.71. The molecule has 0 spiro atoms. The van der Waals surface area contributed by atoms with Crippen LogP contribution in [0.5, 0.6) is 0 Å². The number of nitrogens with one attached hydrogen (secondary N) is 1. The Morgan fingerprint density at radius 1 is 1.50 bits per heavy atom. The lowest BCUT2D eigenvalue weighted by Gasteiger charge is -2.23. The van der Waals surface area contributed by atoms with Crippen molar-refractivity contribution in [3.8, 4) is 0 Å². The predicted octanol–water partition coefficient (Wildman–Crippen LogP) is 3.36. The Labute approximate surface area is 115 Å². The number of halogens is 1. The number of fused-ring (bicyclic) bond motifs is 1. The van der Waals surface area contributed by atoms with E-state index in [9.17, 15) is 0 Å². The first kappa shape index (κ1) is 12.1. The van der Waals surface area contributed by atoms with Crippen molar-refractivity contribution < 1.29 is 0 Å². The summed E-state index contributed by atoms with van der Waals surface area (Å²) in [5.41, 5.74) is 2.41. The van der Waals surface area contributed by atoms with Crippen LogP contribution < -0.4 is 5.32 Å². The molecule has 0 radical (unpaired) electrons. The van der Waals surface area contributed by atoms with Crippen LogP contribution in [0.2, 0.25) is 4.34 Å². The monoisotopic (exact) mass is 279 g/mol. The van der Waals surface area contributed by atoms with Crippen LogP contribution in [0.3, 0.4) is 0 Å². The standard InChI is InChI=1S/C13H14ClN3S/c14-13-6-10-11(2-1-3-12(10)18-13)16-7-9-4-5-15-8-17-9/h4-6,8,11,16H,1-3,7H2. The molecule has 0 saturated heterocycles. The number of aryl methyl sites for hydroxylation is 1.